The van der Waals surface area contributed by atoms with Crippen molar-refractivity contribution in [1.29, 1.82) is 0 Å². The predicted octanol–water partition coefficient (Wildman–Crippen LogP) is 4.65. The monoisotopic (exact) mass is 448 g/mol. The van der Waals surface area contributed by atoms with Gasteiger partial charge in [-0.15, -0.1) is 0 Å². The normalized spacial score (nSPS) is 19.7. The van der Waals surface area contributed by atoms with E-state index in [0.717, 1.165) is 36.9 Å². The Kier molecular flexibility index (Phi) is 5.91. The molecule has 0 bridgehead atoms. The Labute approximate surface area is 193 Å². The summed E-state index contributed by atoms with van der Waals surface area (Å²) >= 11 is 0. The highest BCUT2D eigenvalue weighted by atomic mass is 16.2. The molecule has 2 N–H and O–H groups in total. The van der Waals surface area contributed by atoms with E-state index in [2.05, 4.69) is 22.3 Å². The van der Waals surface area contributed by atoms with Gasteiger partial charge in [-0.25, -0.2) is 14.5 Å². The third-order valence-electron chi connectivity index (χ3n) is 7.26. The number of fused-ring (bicyclic) bond motifs is 1. The maximum atomic E-state index is 12.9. The fourth-order valence-electron chi connectivity index (χ4n) is 5.15. The van der Waals surface area contributed by atoms with Crippen LogP contribution in [0, 0.1) is 13.8 Å². The van der Waals surface area contributed by atoms with Crippen molar-refractivity contribution in [2.45, 2.75) is 70.8 Å². The molecule has 8 heteroatoms. The van der Waals surface area contributed by atoms with E-state index in [9.17, 15) is 9.59 Å². The van der Waals surface area contributed by atoms with Crippen LogP contribution in [0.2, 0.25) is 0 Å². The van der Waals surface area contributed by atoms with Gasteiger partial charge in [0, 0.05) is 24.7 Å². The van der Waals surface area contributed by atoms with Crippen LogP contribution in [-0.4, -0.2) is 43.8 Å². The van der Waals surface area contributed by atoms with Crippen molar-refractivity contribution in [3.05, 3.63) is 51.7 Å². The van der Waals surface area contributed by atoms with Crippen molar-refractivity contribution in [1.82, 2.24) is 24.6 Å². The summed E-state index contributed by atoms with van der Waals surface area (Å²) in [6, 6.07) is 6.14. The zero-order valence-electron chi connectivity index (χ0n) is 19.4. The smallest absolute Gasteiger partial charge is 0.321 e. The first kappa shape index (κ1) is 21.7. The largest absolute Gasteiger partial charge is 0.324 e. The Bertz CT molecular complexity index is 1220. The van der Waals surface area contributed by atoms with Crippen LogP contribution in [0.3, 0.4) is 0 Å². The summed E-state index contributed by atoms with van der Waals surface area (Å²) in [5.41, 5.74) is 3.68. The number of aromatic amines is 1. The minimum absolute atomic E-state index is 0.00365. The number of anilines is 1. The van der Waals surface area contributed by atoms with E-state index in [-0.39, 0.29) is 17.5 Å². The summed E-state index contributed by atoms with van der Waals surface area (Å²) in [5.74, 6) is 0.657. The maximum absolute atomic E-state index is 12.9. The molecule has 8 nitrogen and oxygen atoms in total. The van der Waals surface area contributed by atoms with Crippen molar-refractivity contribution in [2.75, 3.05) is 18.4 Å². The Morgan fingerprint density at radius 1 is 1.09 bits per heavy atom. The highest BCUT2D eigenvalue weighted by Crippen LogP contribution is 2.30. The van der Waals surface area contributed by atoms with Crippen LogP contribution in [0.4, 0.5) is 10.5 Å². The lowest BCUT2D eigenvalue weighted by Crippen LogP contribution is -2.42. The van der Waals surface area contributed by atoms with E-state index < -0.39 is 0 Å². The average molecular weight is 449 g/mol. The molecule has 2 fully saturated rings. The van der Waals surface area contributed by atoms with Gasteiger partial charge in [0.15, 0.2) is 5.65 Å². The van der Waals surface area contributed by atoms with Gasteiger partial charge >= 0.3 is 6.03 Å². The zero-order valence-corrected chi connectivity index (χ0v) is 19.4. The van der Waals surface area contributed by atoms with Gasteiger partial charge in [0.25, 0.3) is 5.56 Å². The van der Waals surface area contributed by atoms with Gasteiger partial charge in [0.1, 0.15) is 11.2 Å². The number of piperidine rings is 1. The van der Waals surface area contributed by atoms with E-state index >= 15 is 0 Å². The van der Waals surface area contributed by atoms with Crippen LogP contribution >= 0.6 is 0 Å². The van der Waals surface area contributed by atoms with Crippen LogP contribution in [0.1, 0.15) is 73.9 Å². The van der Waals surface area contributed by atoms with Crippen LogP contribution in [0.5, 0.6) is 0 Å². The van der Waals surface area contributed by atoms with Crippen LogP contribution < -0.4 is 10.9 Å². The lowest BCUT2D eigenvalue weighted by atomic mass is 9.95. The standard InChI is InChI=1S/C25H32N6O2/c1-16-10-11-19(13-17(16)2)27-25(33)30-12-6-7-18(15-30)22-28-23-21(24(32)29-22)14-26-31(23)20-8-4-3-5-9-20/h10-11,13-14,18,20H,3-9,12,15H2,1-2H3,(H,27,33)(H,28,29,32). The lowest BCUT2D eigenvalue weighted by Gasteiger charge is -2.32. The molecule has 1 aliphatic heterocycles. The lowest BCUT2D eigenvalue weighted by molar-refractivity contribution is 0.191. The Balaban J connectivity index is 1.36. The highest BCUT2D eigenvalue weighted by Gasteiger charge is 2.28. The third-order valence-corrected chi connectivity index (χ3v) is 7.26. The summed E-state index contributed by atoms with van der Waals surface area (Å²) in [6.45, 7) is 5.32. The third kappa shape index (κ3) is 4.38. The molecule has 33 heavy (non-hydrogen) atoms. The number of likely N-dealkylation sites (tertiary alicyclic amines) is 1. The van der Waals surface area contributed by atoms with Gasteiger partial charge in [-0.2, -0.15) is 5.10 Å². The number of amides is 2. The molecule has 2 aromatic heterocycles. The predicted molar refractivity (Wildman–Crippen MR) is 129 cm³/mol. The molecule has 1 saturated heterocycles. The SMILES string of the molecule is Cc1ccc(NC(=O)N2CCCC(c3nc4c(cnn4C4CCCCC4)c(=O)[nH]3)C2)cc1C. The van der Waals surface area contributed by atoms with Crippen molar-refractivity contribution < 1.29 is 4.79 Å². The molecule has 0 radical (unpaired) electrons. The average Bonchev–Trinajstić information content (AvgIpc) is 3.27. The molecular formula is C25H32N6O2. The number of hydrogen-bond donors (Lipinski definition) is 2. The fraction of sp³-hybridized carbons (Fsp3) is 0.520. The van der Waals surface area contributed by atoms with E-state index in [1.165, 1.54) is 24.8 Å². The number of rotatable bonds is 3. The number of aromatic nitrogens is 4. The summed E-state index contributed by atoms with van der Waals surface area (Å²) in [6.07, 6.45) is 9.20. The number of nitrogens with one attached hydrogen (secondary N) is 2. The molecule has 3 heterocycles. The number of carbonyl (C=O) groups is 1. The van der Waals surface area contributed by atoms with E-state index in [0.29, 0.717) is 36.0 Å². The Hall–Kier alpha value is -3.16. The number of aryl methyl sites for hydroxylation is 2. The summed E-state index contributed by atoms with van der Waals surface area (Å²) in [5, 5.41) is 8.10. The second kappa shape index (κ2) is 9.00. The molecule has 0 spiro atoms. The van der Waals surface area contributed by atoms with Crippen LogP contribution in [0.25, 0.3) is 11.0 Å². The second-order valence-electron chi connectivity index (χ2n) is 9.58. The topological polar surface area (TPSA) is 95.9 Å². The van der Waals surface area contributed by atoms with Crippen molar-refractivity contribution in [3.8, 4) is 0 Å². The Morgan fingerprint density at radius 3 is 2.70 bits per heavy atom. The number of carbonyl (C=O) groups excluding carboxylic acids is 1. The van der Waals surface area contributed by atoms with E-state index in [1.54, 1.807) is 6.20 Å². The molecule has 174 valence electrons. The van der Waals surface area contributed by atoms with Crippen molar-refractivity contribution >= 4 is 22.8 Å². The Morgan fingerprint density at radius 2 is 1.91 bits per heavy atom. The molecule has 1 unspecified atom stereocenters. The molecule has 3 aromatic rings. The highest BCUT2D eigenvalue weighted by molar-refractivity contribution is 5.89. The molecule has 2 aliphatic rings. The van der Waals surface area contributed by atoms with Gasteiger partial charge in [-0.05, 0) is 62.8 Å². The number of nitrogens with zero attached hydrogens (tertiary/aromatic N) is 4. The van der Waals surface area contributed by atoms with Crippen molar-refractivity contribution in [2.24, 2.45) is 0 Å². The maximum Gasteiger partial charge on any atom is 0.321 e. The first-order valence-corrected chi connectivity index (χ1v) is 12.1. The van der Waals surface area contributed by atoms with Gasteiger partial charge < -0.3 is 15.2 Å². The minimum atomic E-state index is -0.145. The minimum Gasteiger partial charge on any atom is -0.324 e. The first-order chi connectivity index (χ1) is 16.0. The number of urea groups is 1. The number of benzene rings is 1. The van der Waals surface area contributed by atoms with Gasteiger partial charge in [0.2, 0.25) is 0 Å². The second-order valence-corrected chi connectivity index (χ2v) is 9.58. The van der Waals surface area contributed by atoms with Gasteiger partial charge in [-0.3, -0.25) is 4.79 Å². The van der Waals surface area contributed by atoms with Gasteiger partial charge in [-0.1, -0.05) is 25.3 Å². The first-order valence-electron chi connectivity index (χ1n) is 12.1. The number of H-pyrrole nitrogens is 1. The molecule has 1 saturated carbocycles. The summed E-state index contributed by atoms with van der Waals surface area (Å²) in [7, 11) is 0. The molecule has 1 atom stereocenters. The van der Waals surface area contributed by atoms with Crippen molar-refractivity contribution in [3.63, 3.8) is 0 Å². The quantitative estimate of drug-likeness (QED) is 0.609. The van der Waals surface area contributed by atoms with E-state index in [4.69, 9.17) is 4.98 Å². The van der Waals surface area contributed by atoms with E-state index in [1.807, 2.05) is 34.7 Å². The summed E-state index contributed by atoms with van der Waals surface area (Å²) in [4.78, 5) is 35.4. The molecule has 1 aromatic carbocycles. The van der Waals surface area contributed by atoms with Crippen LogP contribution in [0.15, 0.2) is 29.2 Å². The molecule has 1 aliphatic carbocycles. The zero-order chi connectivity index (χ0) is 22.9. The van der Waals surface area contributed by atoms with Crippen LogP contribution in [-0.2, 0) is 0 Å². The number of hydrogen-bond acceptors (Lipinski definition) is 4. The molecule has 5 rings (SSSR count). The summed E-state index contributed by atoms with van der Waals surface area (Å²) < 4.78 is 1.96. The molecular weight excluding hydrogens is 416 g/mol. The fourth-order valence-corrected chi connectivity index (χ4v) is 5.15. The molecule has 2 amide bonds. The van der Waals surface area contributed by atoms with Gasteiger partial charge in [0.05, 0.1) is 12.2 Å².